The number of fused-ring (bicyclic) bond motifs is 1. The highest BCUT2D eigenvalue weighted by atomic mass is 16.5. The van der Waals surface area contributed by atoms with Crippen LogP contribution in [0.15, 0.2) is 24.7 Å². The van der Waals surface area contributed by atoms with E-state index in [9.17, 15) is 9.59 Å². The van der Waals surface area contributed by atoms with Gasteiger partial charge in [-0.25, -0.2) is 9.97 Å². The van der Waals surface area contributed by atoms with Crippen molar-refractivity contribution in [3.63, 3.8) is 0 Å². The summed E-state index contributed by atoms with van der Waals surface area (Å²) in [6.07, 6.45) is 4.73. The van der Waals surface area contributed by atoms with Crippen LogP contribution in [0, 0.1) is 6.92 Å². The molecule has 0 unspecified atom stereocenters. The maximum Gasteiger partial charge on any atom is 0.323 e. The predicted molar refractivity (Wildman–Crippen MR) is 89.7 cm³/mol. The molecule has 3 rings (SSSR count). The fraction of sp³-hybridized carbons (Fsp3) is 0.235. The van der Waals surface area contributed by atoms with Crippen molar-refractivity contribution in [3.05, 3.63) is 35.9 Å². The van der Waals surface area contributed by atoms with Gasteiger partial charge in [-0.05, 0) is 19.9 Å². The van der Waals surface area contributed by atoms with Crippen LogP contribution in [0.1, 0.15) is 23.0 Å². The maximum atomic E-state index is 12.0. The van der Waals surface area contributed by atoms with Gasteiger partial charge >= 0.3 is 12.0 Å². The molecule has 0 fully saturated rings. The number of ether oxygens (including phenoxy) is 1. The van der Waals surface area contributed by atoms with Gasteiger partial charge < -0.3 is 14.4 Å². The number of ketones is 1. The highest BCUT2D eigenvalue weighted by Crippen LogP contribution is 2.29. The van der Waals surface area contributed by atoms with Gasteiger partial charge in [-0.1, -0.05) is 0 Å². The number of hydrogen-bond donors (Lipinski definition) is 1. The normalized spacial score (nSPS) is 10.8. The third kappa shape index (κ3) is 3.06. The van der Waals surface area contributed by atoms with Gasteiger partial charge in [-0.15, -0.1) is 0 Å². The third-order valence-corrected chi connectivity index (χ3v) is 3.82. The number of pyridine rings is 1. The van der Waals surface area contributed by atoms with E-state index >= 15 is 0 Å². The van der Waals surface area contributed by atoms with Crippen molar-refractivity contribution in [2.75, 3.05) is 7.11 Å². The van der Waals surface area contributed by atoms with Gasteiger partial charge in [-0.2, -0.15) is 0 Å². The number of rotatable bonds is 5. The summed E-state index contributed by atoms with van der Waals surface area (Å²) in [5.74, 6) is -1.13. The number of methoxy groups -OCH3 is 1. The third-order valence-electron chi connectivity index (χ3n) is 3.82. The Kier molecular flexibility index (Phi) is 4.18. The molecule has 0 saturated heterocycles. The monoisotopic (exact) mass is 340 g/mol. The summed E-state index contributed by atoms with van der Waals surface area (Å²) in [6, 6.07) is 2.00. The predicted octanol–water partition coefficient (Wildman–Crippen LogP) is 2.10. The summed E-state index contributed by atoms with van der Waals surface area (Å²) >= 11 is 0. The lowest BCUT2D eigenvalue weighted by Gasteiger charge is -2.07. The fourth-order valence-corrected chi connectivity index (χ4v) is 2.78. The number of hydrogen-bond acceptors (Lipinski definition) is 6. The standard InChI is InChI=1S/C17H16N4O4/c1-9-16-12(13(10(2)22)7-21(16)8-15(23)24)4-14(20-9)11-5-18-17(25-3)19-6-11/h4-7H,8H2,1-3H3,(H,23,24). The lowest BCUT2D eigenvalue weighted by molar-refractivity contribution is -0.137. The first-order valence-electron chi connectivity index (χ1n) is 7.50. The SMILES string of the molecule is COc1ncc(-c2cc3c(C(C)=O)cn(CC(=O)O)c3c(C)n2)cn1. The van der Waals surface area contributed by atoms with Gasteiger partial charge in [0.1, 0.15) is 6.54 Å². The van der Waals surface area contributed by atoms with Gasteiger partial charge in [-0.3, -0.25) is 14.6 Å². The number of nitrogens with zero attached hydrogens (tertiary/aromatic N) is 4. The zero-order valence-corrected chi connectivity index (χ0v) is 14.0. The Labute approximate surface area is 143 Å². The van der Waals surface area contributed by atoms with Gasteiger partial charge in [0.2, 0.25) is 0 Å². The highest BCUT2D eigenvalue weighted by molar-refractivity contribution is 6.08. The minimum Gasteiger partial charge on any atom is -0.480 e. The molecule has 0 aromatic carbocycles. The molecule has 0 radical (unpaired) electrons. The Morgan fingerprint density at radius 1 is 1.28 bits per heavy atom. The van der Waals surface area contributed by atoms with E-state index in [4.69, 9.17) is 9.84 Å². The van der Waals surface area contributed by atoms with Crippen LogP contribution in [-0.2, 0) is 11.3 Å². The molecule has 0 atom stereocenters. The summed E-state index contributed by atoms with van der Waals surface area (Å²) in [6.45, 7) is 2.99. The van der Waals surface area contributed by atoms with Crippen molar-refractivity contribution in [1.82, 2.24) is 19.5 Å². The molecule has 1 N–H and O–H groups in total. The molecule has 0 saturated carbocycles. The lowest BCUT2D eigenvalue weighted by Crippen LogP contribution is -2.08. The quantitative estimate of drug-likeness (QED) is 0.709. The van der Waals surface area contributed by atoms with Gasteiger partial charge in [0, 0.05) is 35.1 Å². The van der Waals surface area contributed by atoms with Crippen LogP contribution < -0.4 is 4.74 Å². The van der Waals surface area contributed by atoms with E-state index in [1.807, 2.05) is 0 Å². The second kappa shape index (κ2) is 6.31. The number of carboxylic acids is 1. The second-order valence-corrected chi connectivity index (χ2v) is 5.57. The molecule has 3 aromatic heterocycles. The van der Waals surface area contributed by atoms with Crippen LogP contribution in [0.5, 0.6) is 6.01 Å². The molecule has 8 nitrogen and oxygen atoms in total. The minimum atomic E-state index is -0.987. The second-order valence-electron chi connectivity index (χ2n) is 5.57. The van der Waals surface area contributed by atoms with E-state index in [1.54, 1.807) is 31.6 Å². The van der Waals surface area contributed by atoms with Crippen molar-refractivity contribution in [3.8, 4) is 17.3 Å². The number of carbonyl (C=O) groups excluding carboxylic acids is 1. The summed E-state index contributed by atoms with van der Waals surface area (Å²) in [4.78, 5) is 35.7. The molecule has 0 amide bonds. The van der Waals surface area contributed by atoms with E-state index in [1.165, 1.54) is 18.6 Å². The maximum absolute atomic E-state index is 12.0. The Bertz CT molecular complexity index is 976. The zero-order chi connectivity index (χ0) is 18.1. The zero-order valence-electron chi connectivity index (χ0n) is 14.0. The summed E-state index contributed by atoms with van der Waals surface area (Å²) < 4.78 is 6.48. The van der Waals surface area contributed by atoms with Crippen LogP contribution in [0.2, 0.25) is 0 Å². The van der Waals surface area contributed by atoms with E-state index in [-0.39, 0.29) is 18.3 Å². The average Bonchev–Trinajstić information content (AvgIpc) is 2.93. The van der Waals surface area contributed by atoms with Crippen molar-refractivity contribution < 1.29 is 19.4 Å². The molecule has 128 valence electrons. The Morgan fingerprint density at radius 2 is 1.96 bits per heavy atom. The van der Waals surface area contributed by atoms with Crippen LogP contribution in [0.25, 0.3) is 22.2 Å². The minimum absolute atomic E-state index is 0.142. The number of aromatic nitrogens is 4. The highest BCUT2D eigenvalue weighted by Gasteiger charge is 2.18. The van der Waals surface area contributed by atoms with Crippen molar-refractivity contribution in [2.45, 2.75) is 20.4 Å². The molecule has 25 heavy (non-hydrogen) atoms. The Hall–Kier alpha value is -3.29. The lowest BCUT2D eigenvalue weighted by atomic mass is 10.1. The summed E-state index contributed by atoms with van der Waals surface area (Å²) in [5.41, 5.74) is 2.98. The van der Waals surface area contributed by atoms with Crippen molar-refractivity contribution >= 4 is 22.7 Å². The molecular formula is C17H16N4O4. The first-order chi connectivity index (χ1) is 11.9. The van der Waals surface area contributed by atoms with Gasteiger partial charge in [0.05, 0.1) is 24.0 Å². The van der Waals surface area contributed by atoms with Crippen LogP contribution in [0.4, 0.5) is 0 Å². The topological polar surface area (TPSA) is 107 Å². The number of carboxylic acid groups (broad SMARTS) is 1. The molecular weight excluding hydrogens is 324 g/mol. The van der Waals surface area contributed by atoms with E-state index in [2.05, 4.69) is 15.0 Å². The molecule has 0 aliphatic rings. The molecule has 0 spiro atoms. The summed E-state index contributed by atoms with van der Waals surface area (Å²) in [5, 5.41) is 9.75. The number of aryl methyl sites for hydroxylation is 1. The average molecular weight is 340 g/mol. The number of Topliss-reactive ketones (excluding diaryl/α,β-unsaturated/α-hetero) is 1. The first kappa shape index (κ1) is 16.6. The number of aliphatic carboxylic acids is 1. The number of carbonyl (C=O) groups is 2. The van der Waals surface area contributed by atoms with E-state index in [0.717, 1.165) is 0 Å². The van der Waals surface area contributed by atoms with Crippen LogP contribution >= 0.6 is 0 Å². The van der Waals surface area contributed by atoms with Gasteiger partial charge in [0.25, 0.3) is 0 Å². The Morgan fingerprint density at radius 3 is 2.52 bits per heavy atom. The summed E-state index contributed by atoms with van der Waals surface area (Å²) in [7, 11) is 1.48. The van der Waals surface area contributed by atoms with Crippen molar-refractivity contribution in [1.29, 1.82) is 0 Å². The molecule has 3 heterocycles. The molecule has 0 bridgehead atoms. The molecule has 0 aliphatic carbocycles. The van der Waals surface area contributed by atoms with Crippen LogP contribution in [-0.4, -0.2) is 43.5 Å². The van der Waals surface area contributed by atoms with E-state index in [0.29, 0.717) is 33.4 Å². The smallest absolute Gasteiger partial charge is 0.323 e. The molecule has 8 heteroatoms. The van der Waals surface area contributed by atoms with E-state index < -0.39 is 5.97 Å². The largest absolute Gasteiger partial charge is 0.480 e. The fourth-order valence-electron chi connectivity index (χ4n) is 2.78. The van der Waals surface area contributed by atoms with Gasteiger partial charge in [0.15, 0.2) is 5.78 Å². The van der Waals surface area contributed by atoms with Crippen LogP contribution in [0.3, 0.4) is 0 Å². The van der Waals surface area contributed by atoms with Crippen molar-refractivity contribution in [2.24, 2.45) is 0 Å². The Balaban J connectivity index is 2.21. The first-order valence-corrected chi connectivity index (χ1v) is 7.50. The molecule has 3 aromatic rings. The molecule has 0 aliphatic heterocycles.